The van der Waals surface area contributed by atoms with Crippen LogP contribution in [0.5, 0.6) is 5.75 Å². The molecule has 1 aliphatic heterocycles. The number of aryl methyl sites for hydroxylation is 1. The standard InChI is InChI=1S/C24H22Cl2N4O3/c1-29-23(8-9-28-29)17-2-5-19(6-3-17)31-13-20-14-32-24(33-20,15-30-11-10-27-16-30)21-7-4-18(25)12-22(21)26/h2-12,16,20H,13-15H2,1H3/t20-,24-/m1/s1. The van der Waals surface area contributed by atoms with E-state index in [0.29, 0.717) is 35.4 Å². The van der Waals surface area contributed by atoms with Crippen LogP contribution >= 0.6 is 23.2 Å². The summed E-state index contributed by atoms with van der Waals surface area (Å²) in [7, 11) is 1.92. The van der Waals surface area contributed by atoms with Gasteiger partial charge in [0.25, 0.3) is 0 Å². The van der Waals surface area contributed by atoms with Crippen LogP contribution in [0.15, 0.2) is 73.4 Å². The highest BCUT2D eigenvalue weighted by Crippen LogP contribution is 2.40. The van der Waals surface area contributed by atoms with Gasteiger partial charge in [-0.1, -0.05) is 29.3 Å². The summed E-state index contributed by atoms with van der Waals surface area (Å²) in [6, 6.07) is 15.2. The van der Waals surface area contributed by atoms with Crippen LogP contribution in [0.3, 0.4) is 0 Å². The molecule has 7 nitrogen and oxygen atoms in total. The molecule has 2 atom stereocenters. The molecule has 2 aromatic carbocycles. The van der Waals surface area contributed by atoms with Gasteiger partial charge in [0.15, 0.2) is 0 Å². The first-order chi connectivity index (χ1) is 16.0. The maximum absolute atomic E-state index is 6.52. The van der Waals surface area contributed by atoms with Gasteiger partial charge in [-0.05, 0) is 42.5 Å². The third kappa shape index (κ3) is 4.63. The Morgan fingerprint density at radius 1 is 1.12 bits per heavy atom. The molecule has 0 saturated carbocycles. The van der Waals surface area contributed by atoms with E-state index in [1.165, 1.54) is 0 Å². The van der Waals surface area contributed by atoms with Crippen molar-refractivity contribution >= 4 is 23.2 Å². The Morgan fingerprint density at radius 2 is 1.97 bits per heavy atom. The van der Waals surface area contributed by atoms with Crippen molar-refractivity contribution in [2.75, 3.05) is 13.2 Å². The smallest absolute Gasteiger partial charge is 0.215 e. The molecule has 170 valence electrons. The first-order valence-corrected chi connectivity index (χ1v) is 11.2. The van der Waals surface area contributed by atoms with Gasteiger partial charge in [0.1, 0.15) is 18.5 Å². The molecule has 3 heterocycles. The Hall–Kier alpha value is -2.84. The van der Waals surface area contributed by atoms with E-state index in [2.05, 4.69) is 10.1 Å². The molecule has 0 unspecified atom stereocenters. The molecule has 1 fully saturated rings. The highest BCUT2D eigenvalue weighted by atomic mass is 35.5. The van der Waals surface area contributed by atoms with E-state index in [1.807, 2.05) is 58.9 Å². The number of benzene rings is 2. The maximum atomic E-state index is 6.52. The molecule has 1 saturated heterocycles. The zero-order valence-electron chi connectivity index (χ0n) is 17.9. The van der Waals surface area contributed by atoms with Crippen LogP contribution in [0.25, 0.3) is 11.3 Å². The Kier molecular flexibility index (Phi) is 6.12. The number of ether oxygens (including phenoxy) is 3. The van der Waals surface area contributed by atoms with Crippen molar-refractivity contribution in [3.05, 3.63) is 89.1 Å². The van der Waals surface area contributed by atoms with Crippen molar-refractivity contribution in [1.82, 2.24) is 19.3 Å². The van der Waals surface area contributed by atoms with Gasteiger partial charge in [-0.3, -0.25) is 4.68 Å². The number of nitrogens with zero attached hydrogens (tertiary/aromatic N) is 4. The summed E-state index contributed by atoms with van der Waals surface area (Å²) in [5, 5.41) is 5.24. The molecule has 0 amide bonds. The Bertz CT molecular complexity index is 1230. The van der Waals surface area contributed by atoms with E-state index in [9.17, 15) is 0 Å². The molecule has 0 bridgehead atoms. The molecule has 0 spiro atoms. The minimum Gasteiger partial charge on any atom is -0.491 e. The number of rotatable bonds is 7. The lowest BCUT2D eigenvalue weighted by atomic mass is 10.1. The molecule has 2 aromatic heterocycles. The molecular weight excluding hydrogens is 463 g/mol. The van der Waals surface area contributed by atoms with E-state index in [1.54, 1.807) is 30.9 Å². The lowest BCUT2D eigenvalue weighted by molar-refractivity contribution is -0.189. The zero-order valence-corrected chi connectivity index (χ0v) is 19.4. The molecule has 33 heavy (non-hydrogen) atoms. The minimum absolute atomic E-state index is 0.281. The fourth-order valence-electron chi connectivity index (χ4n) is 3.94. The summed E-state index contributed by atoms with van der Waals surface area (Å²) in [6.07, 6.45) is 6.77. The third-order valence-corrected chi connectivity index (χ3v) is 6.11. The summed E-state index contributed by atoms with van der Waals surface area (Å²) in [6.45, 7) is 1.09. The second kappa shape index (κ2) is 9.19. The molecule has 1 aliphatic rings. The van der Waals surface area contributed by atoms with Gasteiger partial charge < -0.3 is 18.8 Å². The summed E-state index contributed by atoms with van der Waals surface area (Å²) in [4.78, 5) is 4.12. The number of hydrogen-bond acceptors (Lipinski definition) is 5. The van der Waals surface area contributed by atoms with Gasteiger partial charge in [-0.2, -0.15) is 5.10 Å². The van der Waals surface area contributed by atoms with Crippen molar-refractivity contribution in [3.63, 3.8) is 0 Å². The van der Waals surface area contributed by atoms with E-state index < -0.39 is 5.79 Å². The Balaban J connectivity index is 1.30. The first kappa shape index (κ1) is 22.0. The number of hydrogen-bond donors (Lipinski definition) is 0. The molecule has 0 N–H and O–H groups in total. The van der Waals surface area contributed by atoms with Crippen molar-refractivity contribution < 1.29 is 14.2 Å². The van der Waals surface area contributed by atoms with Crippen molar-refractivity contribution in [3.8, 4) is 17.0 Å². The van der Waals surface area contributed by atoms with Crippen LogP contribution in [-0.2, 0) is 28.9 Å². The van der Waals surface area contributed by atoms with Crippen LogP contribution in [0.1, 0.15) is 5.56 Å². The SMILES string of the molecule is Cn1nccc1-c1ccc(OC[C@@H]2CO[C@@](Cn3ccnc3)(c3ccc(Cl)cc3Cl)O2)cc1. The van der Waals surface area contributed by atoms with Gasteiger partial charge >= 0.3 is 0 Å². The van der Waals surface area contributed by atoms with E-state index in [-0.39, 0.29) is 6.10 Å². The van der Waals surface area contributed by atoms with Gasteiger partial charge in [0, 0.05) is 41.8 Å². The van der Waals surface area contributed by atoms with Crippen molar-refractivity contribution in [2.45, 2.75) is 18.4 Å². The molecule has 5 rings (SSSR count). The van der Waals surface area contributed by atoms with Crippen LogP contribution < -0.4 is 4.74 Å². The summed E-state index contributed by atoms with van der Waals surface area (Å²) < 4.78 is 22.4. The normalized spacial score (nSPS) is 20.3. The van der Waals surface area contributed by atoms with E-state index in [4.69, 9.17) is 37.4 Å². The van der Waals surface area contributed by atoms with Crippen LogP contribution in [0, 0.1) is 0 Å². The van der Waals surface area contributed by atoms with E-state index >= 15 is 0 Å². The average Bonchev–Trinajstić information content (AvgIpc) is 3.55. The molecule has 4 aromatic rings. The summed E-state index contributed by atoms with van der Waals surface area (Å²) in [5.41, 5.74) is 2.82. The molecule has 0 radical (unpaired) electrons. The highest BCUT2D eigenvalue weighted by molar-refractivity contribution is 6.35. The van der Waals surface area contributed by atoms with Gasteiger partial charge in [0.05, 0.1) is 30.2 Å². The second-order valence-electron chi connectivity index (χ2n) is 7.84. The van der Waals surface area contributed by atoms with Crippen LogP contribution in [0.2, 0.25) is 10.0 Å². The summed E-state index contributed by atoms with van der Waals surface area (Å²) >= 11 is 12.6. The predicted molar refractivity (Wildman–Crippen MR) is 125 cm³/mol. The fraction of sp³-hybridized carbons (Fsp3) is 0.250. The van der Waals surface area contributed by atoms with Crippen molar-refractivity contribution in [2.24, 2.45) is 7.05 Å². The lowest BCUT2D eigenvalue weighted by Crippen LogP contribution is -2.34. The predicted octanol–water partition coefficient (Wildman–Crippen LogP) is 4.94. The zero-order chi connectivity index (χ0) is 22.8. The summed E-state index contributed by atoms with van der Waals surface area (Å²) in [5.74, 6) is -0.319. The van der Waals surface area contributed by atoms with Crippen molar-refractivity contribution in [1.29, 1.82) is 0 Å². The third-order valence-electron chi connectivity index (χ3n) is 5.56. The maximum Gasteiger partial charge on any atom is 0.215 e. The highest BCUT2D eigenvalue weighted by Gasteiger charge is 2.45. The molecule has 0 aliphatic carbocycles. The molecule has 9 heteroatoms. The number of aromatic nitrogens is 4. The largest absolute Gasteiger partial charge is 0.491 e. The number of imidazole rings is 1. The van der Waals surface area contributed by atoms with Gasteiger partial charge in [-0.15, -0.1) is 0 Å². The van der Waals surface area contributed by atoms with Crippen LogP contribution in [-0.4, -0.2) is 38.6 Å². The average molecular weight is 485 g/mol. The van der Waals surface area contributed by atoms with Crippen LogP contribution in [0.4, 0.5) is 0 Å². The second-order valence-corrected chi connectivity index (χ2v) is 8.68. The molecular formula is C24H22Cl2N4O3. The fourth-order valence-corrected chi connectivity index (χ4v) is 4.50. The quantitative estimate of drug-likeness (QED) is 0.371. The van der Waals surface area contributed by atoms with E-state index in [0.717, 1.165) is 17.0 Å². The van der Waals surface area contributed by atoms with Gasteiger partial charge in [-0.25, -0.2) is 4.98 Å². The van der Waals surface area contributed by atoms with Gasteiger partial charge in [0.2, 0.25) is 5.79 Å². The first-order valence-electron chi connectivity index (χ1n) is 10.5. The lowest BCUT2D eigenvalue weighted by Gasteiger charge is -2.30. The number of halogens is 2. The Morgan fingerprint density at radius 3 is 2.67 bits per heavy atom. The Labute approximate surface area is 201 Å². The minimum atomic E-state index is -1.07. The topological polar surface area (TPSA) is 63.3 Å². The monoisotopic (exact) mass is 484 g/mol.